The summed E-state index contributed by atoms with van der Waals surface area (Å²) in [5, 5.41) is 0. The molecule has 1 fully saturated rings. The molecule has 1 atom stereocenters. The van der Waals surface area contributed by atoms with Crippen molar-refractivity contribution in [1.29, 1.82) is 0 Å². The molecular weight excluding hydrogens is 414 g/mol. The molecular formula is C23H25N3O4S. The fourth-order valence-electron chi connectivity index (χ4n) is 4.96. The SMILES string of the molecule is CNS(=O)(=O)c1ccc2c(c1)CCN2C(=O)C1CC(=O)N(c2ccc3c(c2)CCC3)C1. The van der Waals surface area contributed by atoms with Crippen LogP contribution in [0.5, 0.6) is 0 Å². The van der Waals surface area contributed by atoms with Crippen molar-refractivity contribution in [3.63, 3.8) is 0 Å². The average molecular weight is 440 g/mol. The Bertz CT molecular complexity index is 1190. The minimum Gasteiger partial charge on any atom is -0.312 e. The van der Waals surface area contributed by atoms with Gasteiger partial charge >= 0.3 is 0 Å². The zero-order chi connectivity index (χ0) is 21.8. The molecule has 2 aliphatic heterocycles. The highest BCUT2D eigenvalue weighted by Gasteiger charge is 2.39. The van der Waals surface area contributed by atoms with Crippen LogP contribution in [0.3, 0.4) is 0 Å². The first kappa shape index (κ1) is 20.2. The van der Waals surface area contributed by atoms with E-state index in [0.29, 0.717) is 19.5 Å². The van der Waals surface area contributed by atoms with Crippen molar-refractivity contribution in [2.45, 2.75) is 37.0 Å². The Balaban J connectivity index is 1.35. The van der Waals surface area contributed by atoms with Gasteiger partial charge in [-0.15, -0.1) is 0 Å². The van der Waals surface area contributed by atoms with E-state index in [4.69, 9.17) is 0 Å². The van der Waals surface area contributed by atoms with Crippen molar-refractivity contribution in [3.05, 3.63) is 53.1 Å². The molecule has 2 aromatic rings. The summed E-state index contributed by atoms with van der Waals surface area (Å²) >= 11 is 0. The summed E-state index contributed by atoms with van der Waals surface area (Å²) in [6.07, 6.45) is 4.09. The summed E-state index contributed by atoms with van der Waals surface area (Å²) in [6, 6.07) is 11.0. The van der Waals surface area contributed by atoms with E-state index in [-0.39, 0.29) is 23.1 Å². The second-order valence-corrected chi connectivity index (χ2v) is 10.3. The van der Waals surface area contributed by atoms with Crippen LogP contribution in [0, 0.1) is 5.92 Å². The van der Waals surface area contributed by atoms with Crippen molar-refractivity contribution in [1.82, 2.24) is 4.72 Å². The predicted octanol–water partition coefficient (Wildman–Crippen LogP) is 2.03. The van der Waals surface area contributed by atoms with E-state index in [1.54, 1.807) is 21.9 Å². The number of nitrogens with one attached hydrogen (secondary N) is 1. The normalized spacial score (nSPS) is 20.3. The van der Waals surface area contributed by atoms with E-state index in [1.807, 2.05) is 6.07 Å². The Hall–Kier alpha value is -2.71. The molecule has 0 radical (unpaired) electrons. The first-order chi connectivity index (χ1) is 14.9. The quantitative estimate of drug-likeness (QED) is 0.790. The van der Waals surface area contributed by atoms with Gasteiger partial charge in [0.25, 0.3) is 0 Å². The lowest BCUT2D eigenvalue weighted by atomic mass is 10.1. The zero-order valence-electron chi connectivity index (χ0n) is 17.4. The number of nitrogens with zero attached hydrogens (tertiary/aromatic N) is 2. The van der Waals surface area contributed by atoms with Gasteiger partial charge in [0.1, 0.15) is 0 Å². The minimum atomic E-state index is -3.53. The van der Waals surface area contributed by atoms with Crippen LogP contribution < -0.4 is 14.5 Å². The van der Waals surface area contributed by atoms with Gasteiger partial charge in [0.05, 0.1) is 10.8 Å². The fraction of sp³-hybridized carbons (Fsp3) is 0.391. The van der Waals surface area contributed by atoms with Gasteiger partial charge in [-0.25, -0.2) is 13.1 Å². The van der Waals surface area contributed by atoms with Gasteiger partial charge in [-0.05, 0) is 79.8 Å². The van der Waals surface area contributed by atoms with Gasteiger partial charge < -0.3 is 9.80 Å². The first-order valence-corrected chi connectivity index (χ1v) is 12.2. The third-order valence-electron chi connectivity index (χ3n) is 6.66. The number of benzene rings is 2. The minimum absolute atomic E-state index is 0.0221. The summed E-state index contributed by atoms with van der Waals surface area (Å²) in [7, 11) is -2.15. The first-order valence-electron chi connectivity index (χ1n) is 10.7. The number of aryl methyl sites for hydroxylation is 2. The molecule has 2 amide bonds. The standard InChI is InChI=1S/C23H25N3O4S/c1-24-31(29,30)20-7-8-21-17(12-20)9-10-25(21)23(28)18-13-22(27)26(14-18)19-6-5-15-3-2-4-16(15)11-19/h5-8,11-12,18,24H,2-4,9-10,13-14H2,1H3. The van der Waals surface area contributed by atoms with Crippen LogP contribution in [0.25, 0.3) is 0 Å². The van der Waals surface area contributed by atoms with Gasteiger partial charge in [-0.2, -0.15) is 0 Å². The summed E-state index contributed by atoms with van der Waals surface area (Å²) in [5.41, 5.74) is 5.12. The summed E-state index contributed by atoms with van der Waals surface area (Å²) in [6.45, 7) is 0.884. The molecule has 8 heteroatoms. The summed E-state index contributed by atoms with van der Waals surface area (Å²) in [4.78, 5) is 29.6. The molecule has 1 unspecified atom stereocenters. The van der Waals surface area contributed by atoms with Crippen LogP contribution in [-0.2, 0) is 38.9 Å². The smallest absolute Gasteiger partial charge is 0.240 e. The Morgan fingerprint density at radius 2 is 1.84 bits per heavy atom. The lowest BCUT2D eigenvalue weighted by molar-refractivity contribution is -0.124. The highest BCUT2D eigenvalue weighted by atomic mass is 32.2. The number of amides is 2. The molecule has 0 saturated carbocycles. The maximum absolute atomic E-state index is 13.3. The number of carbonyl (C=O) groups is 2. The largest absolute Gasteiger partial charge is 0.312 e. The summed E-state index contributed by atoms with van der Waals surface area (Å²) < 4.78 is 26.5. The van der Waals surface area contributed by atoms with E-state index in [1.165, 1.54) is 24.2 Å². The molecule has 0 aromatic heterocycles. The second kappa shape index (κ2) is 7.46. The number of hydrogen-bond donors (Lipinski definition) is 1. The molecule has 1 saturated heterocycles. The highest BCUT2D eigenvalue weighted by Crippen LogP contribution is 2.35. The summed E-state index contributed by atoms with van der Waals surface area (Å²) in [5.74, 6) is -0.487. The van der Waals surface area contributed by atoms with Gasteiger partial charge in [0.2, 0.25) is 21.8 Å². The highest BCUT2D eigenvalue weighted by molar-refractivity contribution is 7.89. The van der Waals surface area contributed by atoms with Crippen LogP contribution in [0.15, 0.2) is 41.3 Å². The maximum atomic E-state index is 13.3. The van der Waals surface area contributed by atoms with Gasteiger partial charge in [-0.1, -0.05) is 6.07 Å². The Morgan fingerprint density at radius 3 is 2.65 bits per heavy atom. The molecule has 0 bridgehead atoms. The molecule has 0 spiro atoms. The molecule has 162 valence electrons. The van der Waals surface area contributed by atoms with Gasteiger partial charge in [0.15, 0.2) is 0 Å². The molecule has 31 heavy (non-hydrogen) atoms. The van der Waals surface area contributed by atoms with Crippen molar-refractivity contribution in [2.75, 3.05) is 29.9 Å². The zero-order valence-corrected chi connectivity index (χ0v) is 18.2. The third kappa shape index (κ3) is 3.43. The maximum Gasteiger partial charge on any atom is 0.240 e. The predicted molar refractivity (Wildman–Crippen MR) is 118 cm³/mol. The van der Waals surface area contributed by atoms with Crippen molar-refractivity contribution in [3.8, 4) is 0 Å². The lowest BCUT2D eigenvalue weighted by Crippen LogP contribution is -2.36. The van der Waals surface area contributed by atoms with Crippen LogP contribution in [0.1, 0.15) is 29.5 Å². The van der Waals surface area contributed by atoms with Crippen LogP contribution >= 0.6 is 0 Å². The van der Waals surface area contributed by atoms with Crippen LogP contribution in [-0.4, -0.2) is 40.4 Å². The number of anilines is 2. The molecule has 2 heterocycles. The van der Waals surface area contributed by atoms with Gasteiger partial charge in [0, 0.05) is 30.9 Å². The van der Waals surface area contributed by atoms with E-state index in [0.717, 1.165) is 36.2 Å². The third-order valence-corrected chi connectivity index (χ3v) is 8.07. The van der Waals surface area contributed by atoms with Gasteiger partial charge in [-0.3, -0.25) is 9.59 Å². The number of sulfonamides is 1. The van der Waals surface area contributed by atoms with E-state index in [2.05, 4.69) is 16.9 Å². The monoisotopic (exact) mass is 439 g/mol. The molecule has 7 nitrogen and oxygen atoms in total. The van der Waals surface area contributed by atoms with E-state index in [9.17, 15) is 18.0 Å². The molecule has 3 aliphatic rings. The molecule has 5 rings (SSSR count). The Morgan fingerprint density at radius 1 is 1.03 bits per heavy atom. The lowest BCUT2D eigenvalue weighted by Gasteiger charge is -2.22. The van der Waals surface area contributed by atoms with Crippen LogP contribution in [0.4, 0.5) is 11.4 Å². The molecule has 1 aliphatic carbocycles. The second-order valence-electron chi connectivity index (χ2n) is 8.45. The fourth-order valence-corrected chi connectivity index (χ4v) is 5.74. The number of rotatable bonds is 4. The number of carbonyl (C=O) groups excluding carboxylic acids is 2. The Kier molecular flexibility index (Phi) is 4.86. The topological polar surface area (TPSA) is 86.8 Å². The number of hydrogen-bond acceptors (Lipinski definition) is 4. The Labute approximate surface area is 182 Å². The van der Waals surface area contributed by atoms with Crippen molar-refractivity contribution < 1.29 is 18.0 Å². The molecule has 1 N–H and O–H groups in total. The molecule has 2 aromatic carbocycles. The number of fused-ring (bicyclic) bond motifs is 2. The average Bonchev–Trinajstić information content (AvgIpc) is 3.50. The van der Waals surface area contributed by atoms with Crippen LogP contribution in [0.2, 0.25) is 0 Å². The van der Waals surface area contributed by atoms with Crippen molar-refractivity contribution in [2.24, 2.45) is 5.92 Å². The van der Waals surface area contributed by atoms with Crippen molar-refractivity contribution >= 4 is 33.2 Å². The van der Waals surface area contributed by atoms with E-state index < -0.39 is 15.9 Å². The van der Waals surface area contributed by atoms with E-state index >= 15 is 0 Å².